The van der Waals surface area contributed by atoms with Crippen LogP contribution >= 0.6 is 0 Å². The first-order valence-electron chi connectivity index (χ1n) is 9.56. The second-order valence-electron chi connectivity index (χ2n) is 7.33. The first kappa shape index (κ1) is 19.2. The van der Waals surface area contributed by atoms with Crippen LogP contribution in [0.15, 0.2) is 24.3 Å². The molecular formula is C20H27N5O2. The average Bonchev–Trinajstić information content (AvgIpc) is 2.72. The van der Waals surface area contributed by atoms with Crippen LogP contribution in [0, 0.1) is 17.2 Å². The fourth-order valence-electron chi connectivity index (χ4n) is 3.61. The number of piperazine rings is 1. The molecule has 0 atom stereocenters. The molecule has 27 heavy (non-hydrogen) atoms. The lowest BCUT2D eigenvalue weighted by atomic mass is 9.95. The van der Waals surface area contributed by atoms with E-state index < -0.39 is 0 Å². The molecule has 1 aromatic rings. The van der Waals surface area contributed by atoms with Gasteiger partial charge in [-0.05, 0) is 44.2 Å². The Kier molecular flexibility index (Phi) is 6.30. The van der Waals surface area contributed by atoms with Crippen LogP contribution in [0.1, 0.15) is 18.4 Å². The maximum absolute atomic E-state index is 12.7. The quantitative estimate of drug-likeness (QED) is 0.856. The second-order valence-corrected chi connectivity index (χ2v) is 7.33. The van der Waals surface area contributed by atoms with Crippen molar-refractivity contribution in [1.82, 2.24) is 14.7 Å². The maximum Gasteiger partial charge on any atom is 0.241 e. The van der Waals surface area contributed by atoms with Gasteiger partial charge in [0.25, 0.3) is 0 Å². The first-order valence-corrected chi connectivity index (χ1v) is 9.56. The number of nitriles is 1. The molecule has 7 heteroatoms. The lowest BCUT2D eigenvalue weighted by molar-refractivity contribution is -0.141. The monoisotopic (exact) mass is 369 g/mol. The number of nitrogens with zero attached hydrogens (tertiary/aromatic N) is 4. The largest absolute Gasteiger partial charge is 0.376 e. The van der Waals surface area contributed by atoms with Gasteiger partial charge in [0.1, 0.15) is 0 Å². The molecular weight excluding hydrogens is 342 g/mol. The number of hydrogen-bond acceptors (Lipinski definition) is 5. The number of anilines is 1. The van der Waals surface area contributed by atoms with Crippen LogP contribution in [0.25, 0.3) is 0 Å². The van der Waals surface area contributed by atoms with Gasteiger partial charge in [0.05, 0.1) is 18.2 Å². The zero-order valence-electron chi connectivity index (χ0n) is 15.9. The van der Waals surface area contributed by atoms with Crippen molar-refractivity contribution in [3.8, 4) is 6.07 Å². The highest BCUT2D eigenvalue weighted by Gasteiger charge is 2.31. The number of benzene rings is 1. The molecule has 1 aromatic carbocycles. The lowest BCUT2D eigenvalue weighted by Crippen LogP contribution is -2.51. The maximum atomic E-state index is 12.7. The molecule has 2 saturated heterocycles. The zero-order chi connectivity index (χ0) is 19.2. The van der Waals surface area contributed by atoms with E-state index in [0.717, 1.165) is 44.7 Å². The third-order valence-corrected chi connectivity index (χ3v) is 5.47. The summed E-state index contributed by atoms with van der Waals surface area (Å²) >= 11 is 0. The van der Waals surface area contributed by atoms with E-state index >= 15 is 0 Å². The fourth-order valence-corrected chi connectivity index (χ4v) is 3.61. The molecule has 2 fully saturated rings. The molecule has 2 aliphatic rings. The van der Waals surface area contributed by atoms with Gasteiger partial charge in [0.2, 0.25) is 11.8 Å². The summed E-state index contributed by atoms with van der Waals surface area (Å²) in [5.41, 5.74) is 1.42. The molecule has 0 unspecified atom stereocenters. The first-order chi connectivity index (χ1) is 13.1. The van der Waals surface area contributed by atoms with E-state index in [-0.39, 0.29) is 24.3 Å². The molecule has 1 N–H and O–H groups in total. The van der Waals surface area contributed by atoms with Crippen LogP contribution in [0.2, 0.25) is 0 Å². The third kappa shape index (κ3) is 4.98. The summed E-state index contributed by atoms with van der Waals surface area (Å²) in [5.74, 6) is 0.347. The molecule has 144 valence electrons. The van der Waals surface area contributed by atoms with Gasteiger partial charge in [0.15, 0.2) is 0 Å². The SMILES string of the molecule is CN1CCN(C(=O)C2CCN(C(=O)CNc3ccc(C#N)cc3)CC2)CC1. The minimum absolute atomic E-state index is 0.0453. The van der Waals surface area contributed by atoms with Crippen molar-refractivity contribution in [3.05, 3.63) is 29.8 Å². The Labute approximate surface area is 160 Å². The minimum atomic E-state index is 0.0453. The Balaban J connectivity index is 1.42. The number of piperidine rings is 1. The van der Waals surface area contributed by atoms with Crippen molar-refractivity contribution in [2.45, 2.75) is 12.8 Å². The van der Waals surface area contributed by atoms with Crippen molar-refractivity contribution in [2.75, 3.05) is 58.2 Å². The number of amides is 2. The number of nitrogens with one attached hydrogen (secondary N) is 1. The molecule has 0 saturated carbocycles. The lowest BCUT2D eigenvalue weighted by Gasteiger charge is -2.37. The van der Waals surface area contributed by atoms with Gasteiger partial charge in [-0.1, -0.05) is 0 Å². The van der Waals surface area contributed by atoms with Crippen molar-refractivity contribution < 1.29 is 9.59 Å². The van der Waals surface area contributed by atoms with Gasteiger partial charge < -0.3 is 20.0 Å². The van der Waals surface area contributed by atoms with E-state index in [1.54, 1.807) is 24.3 Å². The standard InChI is InChI=1S/C20H27N5O2/c1-23-10-12-25(13-11-23)20(27)17-6-8-24(9-7-17)19(26)15-22-18-4-2-16(14-21)3-5-18/h2-5,17,22H,6-13,15H2,1H3. The Morgan fingerprint density at radius 3 is 2.26 bits per heavy atom. The smallest absolute Gasteiger partial charge is 0.241 e. The zero-order valence-corrected chi connectivity index (χ0v) is 15.9. The van der Waals surface area contributed by atoms with Crippen LogP contribution in [0.5, 0.6) is 0 Å². The van der Waals surface area contributed by atoms with Crippen LogP contribution < -0.4 is 5.32 Å². The predicted octanol–water partition coefficient (Wildman–Crippen LogP) is 0.983. The van der Waals surface area contributed by atoms with Gasteiger partial charge in [-0.3, -0.25) is 9.59 Å². The number of carbonyl (C=O) groups is 2. The summed E-state index contributed by atoms with van der Waals surface area (Å²) in [5, 5.41) is 11.9. The van der Waals surface area contributed by atoms with E-state index in [0.29, 0.717) is 18.7 Å². The van der Waals surface area contributed by atoms with Gasteiger partial charge in [-0.15, -0.1) is 0 Å². The Hall–Kier alpha value is -2.59. The summed E-state index contributed by atoms with van der Waals surface area (Å²) in [7, 11) is 2.08. The predicted molar refractivity (Wildman–Crippen MR) is 103 cm³/mol. The molecule has 2 amide bonds. The van der Waals surface area contributed by atoms with Gasteiger partial charge >= 0.3 is 0 Å². The molecule has 0 radical (unpaired) electrons. The number of hydrogen-bond donors (Lipinski definition) is 1. The van der Waals surface area contributed by atoms with E-state index in [1.807, 2.05) is 9.80 Å². The molecule has 2 heterocycles. The summed E-state index contributed by atoms with van der Waals surface area (Å²) in [6, 6.07) is 9.12. The van der Waals surface area contributed by atoms with Crippen molar-refractivity contribution in [2.24, 2.45) is 5.92 Å². The van der Waals surface area contributed by atoms with Crippen LogP contribution in [0.3, 0.4) is 0 Å². The minimum Gasteiger partial charge on any atom is -0.376 e. The van der Waals surface area contributed by atoms with E-state index in [1.165, 1.54) is 0 Å². The molecule has 2 aliphatic heterocycles. The van der Waals surface area contributed by atoms with Crippen LogP contribution in [-0.2, 0) is 9.59 Å². The molecule has 0 bridgehead atoms. The molecule has 0 aliphatic carbocycles. The molecule has 7 nitrogen and oxygen atoms in total. The van der Waals surface area contributed by atoms with Crippen LogP contribution in [0.4, 0.5) is 5.69 Å². The average molecular weight is 369 g/mol. The number of rotatable bonds is 4. The topological polar surface area (TPSA) is 79.7 Å². The molecule has 0 spiro atoms. The van der Waals surface area contributed by atoms with E-state index in [2.05, 4.69) is 23.3 Å². The Morgan fingerprint density at radius 1 is 1.04 bits per heavy atom. The van der Waals surface area contributed by atoms with Gasteiger partial charge in [-0.2, -0.15) is 5.26 Å². The Bertz CT molecular complexity index is 696. The summed E-state index contributed by atoms with van der Waals surface area (Å²) < 4.78 is 0. The van der Waals surface area contributed by atoms with Crippen molar-refractivity contribution in [1.29, 1.82) is 5.26 Å². The number of likely N-dealkylation sites (tertiary alicyclic amines) is 1. The molecule has 0 aromatic heterocycles. The van der Waals surface area contributed by atoms with Gasteiger partial charge in [-0.25, -0.2) is 0 Å². The normalized spacial score (nSPS) is 18.8. The van der Waals surface area contributed by atoms with Gasteiger partial charge in [0, 0.05) is 50.9 Å². The van der Waals surface area contributed by atoms with Crippen molar-refractivity contribution in [3.63, 3.8) is 0 Å². The highest BCUT2D eigenvalue weighted by molar-refractivity contribution is 5.82. The second kappa shape index (κ2) is 8.87. The van der Waals surface area contributed by atoms with Crippen LogP contribution in [-0.4, -0.2) is 79.4 Å². The van der Waals surface area contributed by atoms with E-state index in [4.69, 9.17) is 5.26 Å². The number of carbonyl (C=O) groups excluding carboxylic acids is 2. The summed E-state index contributed by atoms with van der Waals surface area (Å²) in [6.45, 7) is 4.99. The summed E-state index contributed by atoms with van der Waals surface area (Å²) in [4.78, 5) is 31.1. The molecule has 3 rings (SSSR count). The third-order valence-electron chi connectivity index (χ3n) is 5.47. The Morgan fingerprint density at radius 2 is 1.67 bits per heavy atom. The highest BCUT2D eigenvalue weighted by atomic mass is 16.2. The summed E-state index contributed by atoms with van der Waals surface area (Å²) in [6.07, 6.45) is 1.49. The van der Waals surface area contributed by atoms with Crippen molar-refractivity contribution >= 4 is 17.5 Å². The van der Waals surface area contributed by atoms with E-state index in [9.17, 15) is 9.59 Å². The number of likely N-dealkylation sites (N-methyl/N-ethyl adjacent to an activating group) is 1. The highest BCUT2D eigenvalue weighted by Crippen LogP contribution is 2.20. The fraction of sp³-hybridized carbons (Fsp3) is 0.550.